The predicted octanol–water partition coefficient (Wildman–Crippen LogP) is 1.000. The Hall–Kier alpha value is -0.280. The molecule has 0 aromatic carbocycles. The molecule has 0 bridgehead atoms. The van der Waals surface area contributed by atoms with E-state index in [1.165, 1.54) is 0 Å². The molecule has 1 aliphatic rings. The second-order valence-electron chi connectivity index (χ2n) is 2.67. The number of hydrogen-bond acceptors (Lipinski definition) is 3. The number of aliphatic hydroxyl groups is 1. The number of rotatable bonds is 2. The number of Topliss-reactive ketones (excluding diaryl/α,β-unsaturated/α-hetero) is 1. The Balaban J connectivity index is 2.85. The molecule has 0 saturated heterocycles. The van der Waals surface area contributed by atoms with Gasteiger partial charge in [-0.15, -0.1) is 0 Å². The maximum Gasteiger partial charge on any atom is 0.162 e. The molecule has 3 heteroatoms. The molecular weight excluding hydrogens is 160 g/mol. The van der Waals surface area contributed by atoms with Crippen LogP contribution < -0.4 is 0 Å². The van der Waals surface area contributed by atoms with Gasteiger partial charge in [0, 0.05) is 17.2 Å². The van der Waals surface area contributed by atoms with Crippen LogP contribution in [0.25, 0.3) is 0 Å². The number of carbonyl (C=O) groups is 1. The van der Waals surface area contributed by atoms with Crippen molar-refractivity contribution in [1.82, 2.24) is 0 Å². The van der Waals surface area contributed by atoms with Crippen molar-refractivity contribution >= 4 is 17.5 Å². The first-order valence-corrected chi connectivity index (χ1v) is 4.86. The van der Waals surface area contributed by atoms with Gasteiger partial charge in [-0.1, -0.05) is 5.57 Å². The van der Waals surface area contributed by atoms with Crippen molar-refractivity contribution in [2.45, 2.75) is 18.6 Å². The summed E-state index contributed by atoms with van der Waals surface area (Å²) in [5.41, 5.74) is 1.69. The number of ketones is 1. The lowest BCUT2D eigenvalue weighted by Crippen LogP contribution is -2.01. The third-order valence-corrected chi connectivity index (χ3v) is 3.20. The molecule has 1 rings (SSSR count). The lowest BCUT2D eigenvalue weighted by molar-refractivity contribution is -0.115. The summed E-state index contributed by atoms with van der Waals surface area (Å²) in [6, 6.07) is 0. The van der Waals surface area contributed by atoms with E-state index in [0.717, 1.165) is 5.57 Å². The second kappa shape index (κ2) is 3.41. The van der Waals surface area contributed by atoms with E-state index < -0.39 is 0 Å². The molecule has 0 heterocycles. The van der Waals surface area contributed by atoms with Crippen LogP contribution in [-0.2, 0) is 4.79 Å². The van der Waals surface area contributed by atoms with E-state index in [0.29, 0.717) is 17.2 Å². The van der Waals surface area contributed by atoms with Crippen molar-refractivity contribution in [1.29, 1.82) is 0 Å². The van der Waals surface area contributed by atoms with Crippen molar-refractivity contribution in [3.8, 4) is 0 Å². The Morgan fingerprint density at radius 3 is 2.64 bits per heavy atom. The average Bonchev–Trinajstić information content (AvgIpc) is 2.26. The normalized spacial score (nSPS) is 25.0. The van der Waals surface area contributed by atoms with Gasteiger partial charge in [0.2, 0.25) is 0 Å². The van der Waals surface area contributed by atoms with Crippen LogP contribution in [-0.4, -0.2) is 29.0 Å². The largest absolute Gasteiger partial charge is 0.392 e. The van der Waals surface area contributed by atoms with Gasteiger partial charge in [0.25, 0.3) is 0 Å². The summed E-state index contributed by atoms with van der Waals surface area (Å²) < 4.78 is 0. The minimum atomic E-state index is -0.0955. The lowest BCUT2D eigenvalue weighted by atomic mass is 10.2. The molecule has 2 nitrogen and oxygen atoms in total. The monoisotopic (exact) mass is 172 g/mol. The molecule has 1 N–H and O–H groups in total. The van der Waals surface area contributed by atoms with Crippen LogP contribution in [0.2, 0.25) is 0 Å². The zero-order valence-corrected chi connectivity index (χ0v) is 7.57. The third-order valence-electron chi connectivity index (χ3n) is 2.11. The van der Waals surface area contributed by atoms with Crippen LogP contribution in [0.1, 0.15) is 13.3 Å². The van der Waals surface area contributed by atoms with E-state index in [1.54, 1.807) is 11.8 Å². The van der Waals surface area contributed by atoms with Crippen molar-refractivity contribution in [2.24, 2.45) is 0 Å². The molecule has 0 spiro atoms. The molecule has 11 heavy (non-hydrogen) atoms. The molecule has 0 unspecified atom stereocenters. The van der Waals surface area contributed by atoms with E-state index in [-0.39, 0.29) is 12.4 Å². The average molecular weight is 172 g/mol. The molecular formula is C8H12O2S. The van der Waals surface area contributed by atoms with Gasteiger partial charge in [-0.25, -0.2) is 0 Å². The SMILES string of the molecule is CS[C@@H]1CC(=O)C(CO)=C1C. The Morgan fingerprint density at radius 1 is 1.73 bits per heavy atom. The zero-order chi connectivity index (χ0) is 8.43. The topological polar surface area (TPSA) is 37.3 Å². The summed E-state index contributed by atoms with van der Waals surface area (Å²) in [6.07, 6.45) is 2.56. The fourth-order valence-corrected chi connectivity index (χ4v) is 2.15. The van der Waals surface area contributed by atoms with Crippen LogP contribution >= 0.6 is 11.8 Å². The van der Waals surface area contributed by atoms with E-state index in [1.807, 2.05) is 13.2 Å². The quantitative estimate of drug-likeness (QED) is 0.675. The molecule has 0 amide bonds. The summed E-state index contributed by atoms with van der Waals surface area (Å²) in [5, 5.41) is 9.14. The van der Waals surface area contributed by atoms with E-state index in [2.05, 4.69) is 0 Å². The smallest absolute Gasteiger partial charge is 0.162 e. The molecule has 0 saturated carbocycles. The highest BCUT2D eigenvalue weighted by molar-refractivity contribution is 7.99. The maximum absolute atomic E-state index is 11.2. The van der Waals surface area contributed by atoms with Crippen LogP contribution in [0.3, 0.4) is 0 Å². The Labute approximate surface area is 70.7 Å². The molecule has 0 fully saturated rings. The predicted molar refractivity (Wildman–Crippen MR) is 46.7 cm³/mol. The molecule has 0 aromatic heterocycles. The van der Waals surface area contributed by atoms with Crippen LogP contribution in [0, 0.1) is 0 Å². The van der Waals surface area contributed by atoms with Crippen LogP contribution in [0.4, 0.5) is 0 Å². The number of carbonyl (C=O) groups excluding carboxylic acids is 1. The van der Waals surface area contributed by atoms with E-state index in [4.69, 9.17) is 5.11 Å². The zero-order valence-electron chi connectivity index (χ0n) is 6.76. The van der Waals surface area contributed by atoms with Crippen LogP contribution in [0.5, 0.6) is 0 Å². The fraction of sp³-hybridized carbons (Fsp3) is 0.625. The van der Waals surface area contributed by atoms with Crippen molar-refractivity contribution in [3.05, 3.63) is 11.1 Å². The summed E-state index contributed by atoms with van der Waals surface area (Å²) >= 11 is 1.67. The Bertz CT molecular complexity index is 208. The van der Waals surface area contributed by atoms with Crippen LogP contribution in [0.15, 0.2) is 11.1 Å². The summed E-state index contributed by atoms with van der Waals surface area (Å²) in [4.78, 5) is 11.2. The number of aliphatic hydroxyl groups excluding tert-OH is 1. The molecule has 0 aromatic rings. The first-order valence-electron chi connectivity index (χ1n) is 3.57. The van der Waals surface area contributed by atoms with Crippen molar-refractivity contribution in [3.63, 3.8) is 0 Å². The van der Waals surface area contributed by atoms with E-state index >= 15 is 0 Å². The molecule has 1 aliphatic carbocycles. The van der Waals surface area contributed by atoms with Gasteiger partial charge in [-0.2, -0.15) is 11.8 Å². The highest BCUT2D eigenvalue weighted by Gasteiger charge is 2.27. The fourth-order valence-electron chi connectivity index (χ4n) is 1.33. The Kier molecular flexibility index (Phi) is 2.73. The maximum atomic E-state index is 11.2. The summed E-state index contributed by atoms with van der Waals surface area (Å²) in [7, 11) is 0. The van der Waals surface area contributed by atoms with Gasteiger partial charge in [-0.05, 0) is 13.2 Å². The molecule has 0 aliphatic heterocycles. The molecule has 1 atom stereocenters. The van der Waals surface area contributed by atoms with Gasteiger partial charge in [0.05, 0.1) is 6.61 Å². The first-order chi connectivity index (χ1) is 5.20. The minimum absolute atomic E-state index is 0.0955. The van der Waals surface area contributed by atoms with Crippen molar-refractivity contribution in [2.75, 3.05) is 12.9 Å². The van der Waals surface area contributed by atoms with Gasteiger partial charge in [-0.3, -0.25) is 4.79 Å². The molecule has 62 valence electrons. The lowest BCUT2D eigenvalue weighted by Gasteiger charge is -2.04. The summed E-state index contributed by atoms with van der Waals surface area (Å²) in [6.45, 7) is 1.83. The van der Waals surface area contributed by atoms with Gasteiger partial charge in [0.1, 0.15) is 0 Å². The summed E-state index contributed by atoms with van der Waals surface area (Å²) in [5.74, 6) is 0.115. The number of thioether (sulfide) groups is 1. The number of hydrogen-bond donors (Lipinski definition) is 1. The van der Waals surface area contributed by atoms with Gasteiger partial charge >= 0.3 is 0 Å². The second-order valence-corrected chi connectivity index (χ2v) is 3.71. The Morgan fingerprint density at radius 2 is 2.36 bits per heavy atom. The molecule has 0 radical (unpaired) electrons. The third kappa shape index (κ3) is 1.49. The highest BCUT2D eigenvalue weighted by atomic mass is 32.2. The van der Waals surface area contributed by atoms with Gasteiger partial charge < -0.3 is 5.11 Å². The standard InChI is InChI=1S/C8H12O2S/c1-5-6(4-9)7(10)3-8(5)11-2/h8-9H,3-4H2,1-2H3/t8-/m1/s1. The first kappa shape index (κ1) is 8.81. The van der Waals surface area contributed by atoms with E-state index in [9.17, 15) is 4.79 Å². The highest BCUT2D eigenvalue weighted by Crippen LogP contribution is 2.30. The minimum Gasteiger partial charge on any atom is -0.392 e. The van der Waals surface area contributed by atoms with Crippen molar-refractivity contribution < 1.29 is 9.90 Å². The van der Waals surface area contributed by atoms with Gasteiger partial charge in [0.15, 0.2) is 5.78 Å².